The second kappa shape index (κ2) is 6.65. The number of carbonyl (C=O) groups is 1. The highest BCUT2D eigenvalue weighted by atomic mass is 16.1. The minimum absolute atomic E-state index is 0.0123. The van der Waals surface area contributed by atoms with Crippen molar-refractivity contribution < 1.29 is 4.79 Å². The molecule has 0 aliphatic rings. The molecule has 2 N–H and O–H groups in total. The van der Waals surface area contributed by atoms with Gasteiger partial charge >= 0.3 is 0 Å². The Balaban J connectivity index is 2.33. The molecule has 116 valence electrons. The van der Waals surface area contributed by atoms with Crippen molar-refractivity contribution in [3.8, 4) is 11.1 Å². The molecular weight excluding hydrogens is 272 g/mol. The van der Waals surface area contributed by atoms with Crippen LogP contribution in [0.5, 0.6) is 0 Å². The van der Waals surface area contributed by atoms with Gasteiger partial charge in [0.15, 0.2) is 0 Å². The lowest BCUT2D eigenvalue weighted by Gasteiger charge is -2.11. The van der Waals surface area contributed by atoms with Crippen LogP contribution in [0.2, 0.25) is 0 Å². The van der Waals surface area contributed by atoms with Crippen LogP contribution in [0, 0.1) is 13.8 Å². The van der Waals surface area contributed by atoms with E-state index in [2.05, 4.69) is 42.3 Å². The van der Waals surface area contributed by atoms with Crippen LogP contribution < -0.4 is 5.32 Å². The van der Waals surface area contributed by atoms with E-state index in [-0.39, 0.29) is 11.9 Å². The molecule has 1 amide bonds. The fourth-order valence-electron chi connectivity index (χ4n) is 2.47. The van der Waals surface area contributed by atoms with Gasteiger partial charge in [0.05, 0.1) is 0 Å². The molecule has 3 nitrogen and oxygen atoms in total. The van der Waals surface area contributed by atoms with E-state index in [0.717, 1.165) is 11.1 Å². The van der Waals surface area contributed by atoms with E-state index in [4.69, 9.17) is 0 Å². The minimum atomic E-state index is -0.0123. The third-order valence-corrected chi connectivity index (χ3v) is 3.67. The van der Waals surface area contributed by atoms with Crippen LogP contribution in [0.3, 0.4) is 0 Å². The molecule has 22 heavy (non-hydrogen) atoms. The summed E-state index contributed by atoms with van der Waals surface area (Å²) >= 11 is 0. The zero-order valence-corrected chi connectivity index (χ0v) is 13.9. The molecule has 0 aliphatic heterocycles. The Morgan fingerprint density at radius 3 is 2.55 bits per heavy atom. The Labute approximate surface area is 132 Å². The van der Waals surface area contributed by atoms with Crippen LogP contribution in [0.15, 0.2) is 36.2 Å². The second-order valence-electron chi connectivity index (χ2n) is 6.08. The van der Waals surface area contributed by atoms with Crippen molar-refractivity contribution in [2.75, 3.05) is 0 Å². The SMILES string of the molecule is CC(=Cc1cc(C)c(-c2cc[nH]c2)cc1C)C(=O)NC(C)C. The number of benzene rings is 1. The molecule has 1 heterocycles. The van der Waals surface area contributed by atoms with Gasteiger partial charge in [-0.15, -0.1) is 0 Å². The van der Waals surface area contributed by atoms with E-state index in [9.17, 15) is 4.79 Å². The van der Waals surface area contributed by atoms with Crippen LogP contribution in [0.25, 0.3) is 17.2 Å². The molecule has 3 heteroatoms. The summed E-state index contributed by atoms with van der Waals surface area (Å²) in [6, 6.07) is 6.54. The molecular formula is C19H24N2O. The average molecular weight is 296 g/mol. The van der Waals surface area contributed by atoms with Crippen LogP contribution >= 0.6 is 0 Å². The third kappa shape index (κ3) is 3.67. The maximum absolute atomic E-state index is 12.0. The monoisotopic (exact) mass is 296 g/mol. The van der Waals surface area contributed by atoms with E-state index in [0.29, 0.717) is 0 Å². The van der Waals surface area contributed by atoms with Crippen molar-refractivity contribution in [2.24, 2.45) is 0 Å². The number of H-pyrrole nitrogens is 1. The number of aryl methyl sites for hydroxylation is 2. The van der Waals surface area contributed by atoms with E-state index in [1.54, 1.807) is 0 Å². The molecule has 1 aromatic heterocycles. The molecule has 0 spiro atoms. The highest BCUT2D eigenvalue weighted by molar-refractivity contribution is 5.97. The Morgan fingerprint density at radius 2 is 1.95 bits per heavy atom. The normalized spacial score (nSPS) is 11.8. The summed E-state index contributed by atoms with van der Waals surface area (Å²) in [4.78, 5) is 15.1. The lowest BCUT2D eigenvalue weighted by molar-refractivity contribution is -0.117. The van der Waals surface area contributed by atoms with Gasteiger partial charge in [-0.05, 0) is 74.6 Å². The van der Waals surface area contributed by atoms with Crippen LogP contribution in [0.4, 0.5) is 0 Å². The number of carbonyl (C=O) groups excluding carboxylic acids is 1. The Bertz CT molecular complexity index is 694. The quantitative estimate of drug-likeness (QED) is 0.815. The fourth-order valence-corrected chi connectivity index (χ4v) is 2.47. The Hall–Kier alpha value is -2.29. The first kappa shape index (κ1) is 16.1. The van der Waals surface area contributed by atoms with Crippen molar-refractivity contribution in [1.82, 2.24) is 10.3 Å². The summed E-state index contributed by atoms with van der Waals surface area (Å²) in [6.45, 7) is 9.96. The van der Waals surface area contributed by atoms with Crippen molar-refractivity contribution in [3.63, 3.8) is 0 Å². The number of hydrogen-bond acceptors (Lipinski definition) is 1. The maximum Gasteiger partial charge on any atom is 0.247 e. The van der Waals surface area contributed by atoms with Gasteiger partial charge in [-0.25, -0.2) is 0 Å². The molecule has 0 radical (unpaired) electrons. The second-order valence-corrected chi connectivity index (χ2v) is 6.08. The maximum atomic E-state index is 12.0. The molecule has 1 aromatic carbocycles. The summed E-state index contributed by atoms with van der Waals surface area (Å²) in [5, 5.41) is 2.92. The van der Waals surface area contributed by atoms with Gasteiger partial charge in [-0.1, -0.05) is 12.1 Å². The van der Waals surface area contributed by atoms with Crippen LogP contribution in [-0.2, 0) is 4.79 Å². The average Bonchev–Trinajstić information content (AvgIpc) is 2.95. The lowest BCUT2D eigenvalue weighted by Crippen LogP contribution is -2.30. The summed E-state index contributed by atoms with van der Waals surface area (Å²) in [5.74, 6) is -0.0123. The van der Waals surface area contributed by atoms with Gasteiger partial charge in [-0.3, -0.25) is 4.79 Å². The molecule has 2 aromatic rings. The Morgan fingerprint density at radius 1 is 1.23 bits per heavy atom. The molecule has 2 rings (SSSR count). The minimum Gasteiger partial charge on any atom is -0.367 e. The van der Waals surface area contributed by atoms with E-state index >= 15 is 0 Å². The standard InChI is InChI=1S/C19H24N2O/c1-12(2)21-19(22)15(5)9-17-8-14(4)18(10-13(17)3)16-6-7-20-11-16/h6-12,20H,1-5H3,(H,21,22). The van der Waals surface area contributed by atoms with Gasteiger partial charge in [0.1, 0.15) is 0 Å². The lowest BCUT2D eigenvalue weighted by atomic mass is 9.95. The van der Waals surface area contributed by atoms with Crippen molar-refractivity contribution in [2.45, 2.75) is 40.7 Å². The van der Waals surface area contributed by atoms with E-state index < -0.39 is 0 Å². The number of nitrogens with one attached hydrogen (secondary N) is 2. The van der Waals surface area contributed by atoms with Crippen LogP contribution in [-0.4, -0.2) is 16.9 Å². The highest BCUT2D eigenvalue weighted by Crippen LogP contribution is 2.27. The van der Waals surface area contributed by atoms with Gasteiger partial charge in [0, 0.05) is 24.0 Å². The van der Waals surface area contributed by atoms with Gasteiger partial charge < -0.3 is 10.3 Å². The number of rotatable bonds is 4. The zero-order valence-electron chi connectivity index (χ0n) is 13.9. The predicted octanol–water partition coefficient (Wildman–Crippen LogP) is 4.23. The number of hydrogen-bond donors (Lipinski definition) is 2. The van der Waals surface area contributed by atoms with Crippen molar-refractivity contribution in [1.29, 1.82) is 0 Å². The number of aromatic amines is 1. The molecule has 0 saturated heterocycles. The number of aromatic nitrogens is 1. The Kier molecular flexibility index (Phi) is 4.86. The highest BCUT2D eigenvalue weighted by Gasteiger charge is 2.09. The van der Waals surface area contributed by atoms with Crippen molar-refractivity contribution in [3.05, 3.63) is 52.9 Å². The first-order valence-electron chi connectivity index (χ1n) is 7.62. The summed E-state index contributed by atoms with van der Waals surface area (Å²) < 4.78 is 0. The first-order chi connectivity index (χ1) is 10.4. The predicted molar refractivity (Wildman–Crippen MR) is 92.6 cm³/mol. The van der Waals surface area contributed by atoms with Crippen LogP contribution in [0.1, 0.15) is 37.5 Å². The molecule has 0 saturated carbocycles. The molecule has 0 bridgehead atoms. The molecule has 0 unspecified atom stereocenters. The van der Waals surface area contributed by atoms with E-state index in [1.165, 1.54) is 22.3 Å². The number of amides is 1. The van der Waals surface area contributed by atoms with Crippen molar-refractivity contribution >= 4 is 12.0 Å². The molecule has 0 aliphatic carbocycles. The fraction of sp³-hybridized carbons (Fsp3) is 0.316. The first-order valence-corrected chi connectivity index (χ1v) is 7.62. The van der Waals surface area contributed by atoms with Gasteiger partial charge in [0.2, 0.25) is 5.91 Å². The zero-order chi connectivity index (χ0) is 16.3. The van der Waals surface area contributed by atoms with E-state index in [1.807, 2.05) is 39.2 Å². The largest absolute Gasteiger partial charge is 0.367 e. The topological polar surface area (TPSA) is 44.9 Å². The summed E-state index contributed by atoms with van der Waals surface area (Å²) in [6.07, 6.45) is 5.89. The van der Waals surface area contributed by atoms with Gasteiger partial charge in [0.25, 0.3) is 0 Å². The smallest absolute Gasteiger partial charge is 0.247 e. The molecule has 0 atom stereocenters. The summed E-state index contributed by atoms with van der Waals surface area (Å²) in [5.41, 5.74) is 6.59. The third-order valence-electron chi connectivity index (χ3n) is 3.67. The van der Waals surface area contributed by atoms with Gasteiger partial charge in [-0.2, -0.15) is 0 Å². The summed E-state index contributed by atoms with van der Waals surface area (Å²) in [7, 11) is 0. The molecule has 0 fully saturated rings.